The van der Waals surface area contributed by atoms with Gasteiger partial charge in [-0.3, -0.25) is 4.79 Å². The molecule has 0 saturated carbocycles. The van der Waals surface area contributed by atoms with Crippen molar-refractivity contribution >= 4 is 22.8 Å². The number of carboxylic acids is 1. The summed E-state index contributed by atoms with van der Waals surface area (Å²) in [5.41, 5.74) is 0.871. The molecule has 0 radical (unpaired) electrons. The number of rotatable bonds is 8. The fourth-order valence-electron chi connectivity index (χ4n) is 2.37. The lowest BCUT2D eigenvalue weighted by atomic mass is 10.0. The molecule has 0 aliphatic rings. The van der Waals surface area contributed by atoms with Gasteiger partial charge in [-0.2, -0.15) is 0 Å². The van der Waals surface area contributed by atoms with Gasteiger partial charge in [-0.05, 0) is 37.5 Å². The Balaban J connectivity index is 2.11. The van der Waals surface area contributed by atoms with Gasteiger partial charge < -0.3 is 24.4 Å². The number of aryl methyl sites for hydroxylation is 1. The second kappa shape index (κ2) is 8.32. The van der Waals surface area contributed by atoms with Crippen molar-refractivity contribution in [2.24, 2.45) is 0 Å². The lowest BCUT2D eigenvalue weighted by Crippen LogP contribution is -2.47. The van der Waals surface area contributed by atoms with E-state index in [1.54, 1.807) is 18.2 Å². The van der Waals surface area contributed by atoms with Crippen LogP contribution in [0.3, 0.4) is 0 Å². The molecule has 134 valence electrons. The molecule has 1 aromatic heterocycles. The van der Waals surface area contributed by atoms with Gasteiger partial charge >= 0.3 is 5.63 Å². The summed E-state index contributed by atoms with van der Waals surface area (Å²) in [5, 5.41) is 13.6. The summed E-state index contributed by atoms with van der Waals surface area (Å²) in [6, 6.07) is 5.38. The number of unbranched alkanes of at least 4 members (excludes halogenated alkanes) is 1. The third-order valence-corrected chi connectivity index (χ3v) is 3.70. The van der Waals surface area contributed by atoms with Gasteiger partial charge in [0.2, 0.25) is 0 Å². The minimum atomic E-state index is -1.37. The Labute approximate surface area is 144 Å². The van der Waals surface area contributed by atoms with Gasteiger partial charge in [0, 0.05) is 17.5 Å². The molecule has 1 heterocycles. The Morgan fingerprint density at radius 2 is 2.08 bits per heavy atom. The first kappa shape index (κ1) is 18.5. The molecule has 1 atom stereocenters. The van der Waals surface area contributed by atoms with Crippen LogP contribution in [0.2, 0.25) is 0 Å². The summed E-state index contributed by atoms with van der Waals surface area (Å²) in [7, 11) is 0. The van der Waals surface area contributed by atoms with Gasteiger partial charge in [0.25, 0.3) is 5.91 Å². The molecule has 7 heteroatoms. The van der Waals surface area contributed by atoms with Gasteiger partial charge in [-0.25, -0.2) is 4.79 Å². The minimum Gasteiger partial charge on any atom is -0.548 e. The van der Waals surface area contributed by atoms with Crippen LogP contribution in [0.25, 0.3) is 11.0 Å². The number of nitrogens with one attached hydrogen (secondary N) is 1. The first-order chi connectivity index (χ1) is 11.9. The number of carbonyl (C=O) groups is 2. The maximum Gasteiger partial charge on any atom is 0.336 e. The fourth-order valence-corrected chi connectivity index (χ4v) is 2.37. The number of ether oxygens (including phenoxy) is 1. The zero-order valence-corrected chi connectivity index (χ0v) is 14.2. The van der Waals surface area contributed by atoms with Gasteiger partial charge in [0.05, 0.1) is 12.0 Å². The van der Waals surface area contributed by atoms with E-state index in [0.717, 1.165) is 30.2 Å². The highest BCUT2D eigenvalue weighted by Crippen LogP contribution is 2.23. The normalized spacial score (nSPS) is 11.9. The fraction of sp³-hybridized carbons (Fsp3) is 0.389. The molecular weight excluding hydrogens is 326 g/mol. The molecule has 1 amide bonds. The Morgan fingerprint density at radius 1 is 1.32 bits per heavy atom. The van der Waals surface area contributed by atoms with E-state index in [1.807, 2.05) is 0 Å². The number of carbonyl (C=O) groups excluding carboxylic acids is 2. The van der Waals surface area contributed by atoms with Crippen LogP contribution in [0.15, 0.2) is 33.5 Å². The quantitative estimate of drug-likeness (QED) is 0.707. The summed E-state index contributed by atoms with van der Waals surface area (Å²) in [6.45, 7) is 3.02. The van der Waals surface area contributed by atoms with Gasteiger partial charge in [-0.15, -0.1) is 0 Å². The molecule has 0 unspecified atom stereocenters. The Kier molecular flexibility index (Phi) is 6.16. The molecule has 2 rings (SSSR count). The predicted octanol–water partition coefficient (Wildman–Crippen LogP) is 0.769. The van der Waals surface area contributed by atoms with Crippen molar-refractivity contribution in [3.8, 4) is 5.75 Å². The predicted molar refractivity (Wildman–Crippen MR) is 89.2 cm³/mol. The molecule has 1 N–H and O–H groups in total. The lowest BCUT2D eigenvalue weighted by Gasteiger charge is -2.15. The van der Waals surface area contributed by atoms with E-state index >= 15 is 0 Å². The Bertz CT molecular complexity index is 826. The van der Waals surface area contributed by atoms with E-state index in [4.69, 9.17) is 9.15 Å². The SMILES string of the molecule is CCCCc1cc(=O)oc2cc(OCC(=O)N[C@@H](C)C(=O)[O-])ccc12. The van der Waals surface area contributed by atoms with Crippen molar-refractivity contribution in [3.63, 3.8) is 0 Å². The Hall–Kier alpha value is -2.83. The van der Waals surface area contributed by atoms with Crippen LogP contribution in [-0.2, 0) is 16.0 Å². The first-order valence-corrected chi connectivity index (χ1v) is 8.10. The monoisotopic (exact) mass is 346 g/mol. The molecule has 0 bridgehead atoms. The Morgan fingerprint density at radius 3 is 2.76 bits per heavy atom. The minimum absolute atomic E-state index is 0.347. The average molecular weight is 346 g/mol. The van der Waals surface area contributed by atoms with Gasteiger partial charge in [-0.1, -0.05) is 13.3 Å². The number of hydrogen-bond donors (Lipinski definition) is 1. The van der Waals surface area contributed by atoms with Gasteiger partial charge in [0.15, 0.2) is 6.61 Å². The van der Waals surface area contributed by atoms with Gasteiger partial charge in [0.1, 0.15) is 11.3 Å². The van der Waals surface area contributed by atoms with Crippen LogP contribution < -0.4 is 20.8 Å². The second-order valence-corrected chi connectivity index (χ2v) is 5.75. The smallest absolute Gasteiger partial charge is 0.336 e. The van der Waals surface area contributed by atoms with Crippen molar-refractivity contribution in [3.05, 3.63) is 40.2 Å². The lowest BCUT2D eigenvalue weighted by molar-refractivity contribution is -0.307. The number of benzene rings is 1. The van der Waals surface area contributed by atoms with Crippen LogP contribution >= 0.6 is 0 Å². The average Bonchev–Trinajstić information content (AvgIpc) is 2.57. The summed E-state index contributed by atoms with van der Waals surface area (Å²) >= 11 is 0. The molecule has 2 aromatic rings. The third kappa shape index (κ3) is 5.07. The summed E-state index contributed by atoms with van der Waals surface area (Å²) in [6.07, 6.45) is 2.76. The van der Waals surface area contributed by atoms with E-state index in [1.165, 1.54) is 13.0 Å². The highest BCUT2D eigenvalue weighted by atomic mass is 16.5. The second-order valence-electron chi connectivity index (χ2n) is 5.75. The maximum absolute atomic E-state index is 11.7. The number of hydrogen-bond acceptors (Lipinski definition) is 6. The number of fused-ring (bicyclic) bond motifs is 1. The zero-order chi connectivity index (χ0) is 18.4. The molecule has 7 nitrogen and oxygen atoms in total. The highest BCUT2D eigenvalue weighted by molar-refractivity contribution is 5.84. The molecule has 1 aromatic carbocycles. The van der Waals surface area contributed by atoms with Crippen molar-refractivity contribution in [2.75, 3.05) is 6.61 Å². The van der Waals surface area contributed by atoms with Crippen LogP contribution in [0.1, 0.15) is 32.3 Å². The third-order valence-electron chi connectivity index (χ3n) is 3.70. The largest absolute Gasteiger partial charge is 0.548 e. The summed E-state index contributed by atoms with van der Waals surface area (Å²) in [5.74, 6) is -1.62. The molecule has 25 heavy (non-hydrogen) atoms. The molecular formula is C18H20NO6-. The summed E-state index contributed by atoms with van der Waals surface area (Å²) < 4.78 is 10.5. The number of aliphatic carboxylic acids is 1. The molecule has 0 saturated heterocycles. The van der Waals surface area contributed by atoms with E-state index in [-0.39, 0.29) is 6.61 Å². The van der Waals surface area contributed by atoms with E-state index in [2.05, 4.69) is 12.2 Å². The van der Waals surface area contributed by atoms with Crippen molar-refractivity contribution in [2.45, 2.75) is 39.2 Å². The first-order valence-electron chi connectivity index (χ1n) is 8.10. The van der Waals surface area contributed by atoms with Crippen LogP contribution in [0.5, 0.6) is 5.75 Å². The van der Waals surface area contributed by atoms with Crippen LogP contribution in [0, 0.1) is 0 Å². The van der Waals surface area contributed by atoms with Crippen molar-refractivity contribution in [1.82, 2.24) is 5.32 Å². The van der Waals surface area contributed by atoms with Crippen molar-refractivity contribution in [1.29, 1.82) is 0 Å². The maximum atomic E-state index is 11.7. The molecule has 0 spiro atoms. The zero-order valence-electron chi connectivity index (χ0n) is 14.2. The standard InChI is InChI=1S/C18H21NO6/c1-3-4-5-12-8-17(21)25-15-9-13(6-7-14(12)15)24-10-16(20)19-11(2)18(22)23/h6-9,11H,3-5,10H2,1-2H3,(H,19,20)(H,22,23)/p-1/t11-/m0/s1. The highest BCUT2D eigenvalue weighted by Gasteiger charge is 2.10. The number of amides is 1. The van der Waals surface area contributed by atoms with E-state index in [0.29, 0.717) is 11.3 Å². The molecule has 0 aliphatic carbocycles. The van der Waals surface area contributed by atoms with Crippen molar-refractivity contribution < 1.29 is 23.8 Å². The number of carboxylic acid groups (broad SMARTS) is 1. The van der Waals surface area contributed by atoms with E-state index in [9.17, 15) is 19.5 Å². The van der Waals surface area contributed by atoms with E-state index < -0.39 is 23.5 Å². The molecule has 0 aliphatic heterocycles. The topological polar surface area (TPSA) is 109 Å². The molecule has 0 fully saturated rings. The van der Waals surface area contributed by atoms with Crippen LogP contribution in [-0.4, -0.2) is 24.5 Å². The van der Waals surface area contributed by atoms with Crippen LogP contribution in [0.4, 0.5) is 0 Å². The summed E-state index contributed by atoms with van der Waals surface area (Å²) in [4.78, 5) is 33.9.